The zero-order valence-electron chi connectivity index (χ0n) is 11.2. The molecule has 0 aliphatic heterocycles. The van der Waals surface area contributed by atoms with Crippen molar-refractivity contribution in [1.29, 1.82) is 0 Å². The van der Waals surface area contributed by atoms with E-state index >= 15 is 0 Å². The van der Waals surface area contributed by atoms with Crippen molar-refractivity contribution in [3.8, 4) is 5.75 Å². The molecular weight excluding hydrogens is 312 g/mol. The lowest BCUT2D eigenvalue weighted by Gasteiger charge is -2.52. The lowest BCUT2D eigenvalue weighted by Crippen LogP contribution is -2.56. The van der Waals surface area contributed by atoms with E-state index in [2.05, 4.69) is 42.8 Å². The van der Waals surface area contributed by atoms with E-state index in [4.69, 9.17) is 16.3 Å². The Morgan fingerprint density at radius 2 is 2.06 bits per heavy atom. The average molecular weight is 332 g/mol. The molecule has 2 unspecified atom stereocenters. The summed E-state index contributed by atoms with van der Waals surface area (Å²) in [5.41, 5.74) is 1.33. The van der Waals surface area contributed by atoms with Crippen molar-refractivity contribution in [3.63, 3.8) is 0 Å². The highest BCUT2D eigenvalue weighted by atomic mass is 79.9. The Hall–Kier alpha value is -0.210. The average Bonchev–Trinajstić information content (AvgIpc) is 2.35. The van der Waals surface area contributed by atoms with Gasteiger partial charge in [0.2, 0.25) is 0 Å². The van der Waals surface area contributed by atoms with Crippen LogP contribution >= 0.6 is 27.5 Å². The molecule has 100 valence electrons. The van der Waals surface area contributed by atoms with Gasteiger partial charge in [0.05, 0.1) is 0 Å². The van der Waals surface area contributed by atoms with Gasteiger partial charge in [0, 0.05) is 21.7 Å². The normalized spacial score (nSPS) is 25.6. The van der Waals surface area contributed by atoms with Crippen molar-refractivity contribution >= 4 is 27.5 Å². The van der Waals surface area contributed by atoms with Crippen molar-refractivity contribution < 1.29 is 4.74 Å². The summed E-state index contributed by atoms with van der Waals surface area (Å²) in [6, 6.07) is 6.17. The van der Waals surface area contributed by atoms with Gasteiger partial charge in [0.1, 0.15) is 11.9 Å². The minimum atomic E-state index is 0.149. The molecular formula is C15H20BrClO. The van der Waals surface area contributed by atoms with Crippen LogP contribution in [0.15, 0.2) is 22.7 Å². The van der Waals surface area contributed by atoms with Crippen LogP contribution in [0.4, 0.5) is 0 Å². The molecule has 0 radical (unpaired) electrons. The molecule has 0 saturated heterocycles. The van der Waals surface area contributed by atoms with Crippen molar-refractivity contribution in [2.75, 3.05) is 0 Å². The maximum Gasteiger partial charge on any atom is 0.123 e. The summed E-state index contributed by atoms with van der Waals surface area (Å²) in [5, 5.41) is 0.255. The minimum Gasteiger partial charge on any atom is -0.489 e. The second-order valence-electron chi connectivity index (χ2n) is 5.16. The predicted octanol–water partition coefficient (Wildman–Crippen LogP) is 5.32. The fourth-order valence-corrected chi connectivity index (χ4v) is 3.82. The minimum absolute atomic E-state index is 0.149. The van der Waals surface area contributed by atoms with Gasteiger partial charge in [-0.15, -0.1) is 11.6 Å². The first-order valence-electron chi connectivity index (χ1n) is 6.60. The van der Waals surface area contributed by atoms with Gasteiger partial charge in [0.15, 0.2) is 0 Å². The van der Waals surface area contributed by atoms with E-state index in [9.17, 15) is 0 Å². The Morgan fingerprint density at radius 3 is 2.61 bits per heavy atom. The van der Waals surface area contributed by atoms with Crippen molar-refractivity contribution in [3.05, 3.63) is 28.2 Å². The third kappa shape index (κ3) is 2.30. The quantitative estimate of drug-likeness (QED) is 0.678. The number of ether oxygens (including phenoxy) is 1. The van der Waals surface area contributed by atoms with E-state index in [1.165, 1.54) is 5.56 Å². The third-order valence-electron chi connectivity index (χ3n) is 4.42. The number of rotatable bonds is 4. The zero-order valence-corrected chi connectivity index (χ0v) is 13.5. The first-order valence-corrected chi connectivity index (χ1v) is 7.83. The topological polar surface area (TPSA) is 9.23 Å². The molecule has 3 heteroatoms. The van der Waals surface area contributed by atoms with Crippen molar-refractivity contribution in [2.45, 2.75) is 51.5 Å². The van der Waals surface area contributed by atoms with Gasteiger partial charge in [-0.1, -0.05) is 35.8 Å². The molecule has 1 nitrogen and oxygen atoms in total. The second kappa shape index (κ2) is 5.42. The Morgan fingerprint density at radius 1 is 1.39 bits per heavy atom. The highest BCUT2D eigenvalue weighted by Gasteiger charge is 2.53. The summed E-state index contributed by atoms with van der Waals surface area (Å²) in [4.78, 5) is 0. The van der Waals surface area contributed by atoms with Crippen LogP contribution < -0.4 is 4.74 Å². The van der Waals surface area contributed by atoms with E-state index in [1.54, 1.807) is 0 Å². The van der Waals surface area contributed by atoms with Gasteiger partial charge in [-0.05, 0) is 37.5 Å². The van der Waals surface area contributed by atoms with Gasteiger partial charge >= 0.3 is 0 Å². The Labute approximate surface area is 123 Å². The summed E-state index contributed by atoms with van der Waals surface area (Å²) < 4.78 is 7.27. The number of aryl methyl sites for hydroxylation is 1. The van der Waals surface area contributed by atoms with Gasteiger partial charge in [-0.2, -0.15) is 0 Å². The third-order valence-corrected chi connectivity index (χ3v) is 5.53. The van der Waals surface area contributed by atoms with Crippen LogP contribution in [0.25, 0.3) is 0 Å². The molecule has 2 atom stereocenters. The van der Waals surface area contributed by atoms with Gasteiger partial charge in [-0.3, -0.25) is 0 Å². The van der Waals surface area contributed by atoms with Crippen LogP contribution in [0.2, 0.25) is 0 Å². The molecule has 1 aromatic rings. The lowest BCUT2D eigenvalue weighted by molar-refractivity contribution is -0.0465. The molecule has 0 heterocycles. The van der Waals surface area contributed by atoms with Gasteiger partial charge in [0.25, 0.3) is 0 Å². The van der Waals surface area contributed by atoms with E-state index in [1.807, 2.05) is 12.1 Å². The highest BCUT2D eigenvalue weighted by Crippen LogP contribution is 2.52. The number of hydrogen-bond donors (Lipinski definition) is 0. The first-order chi connectivity index (χ1) is 8.53. The van der Waals surface area contributed by atoms with Crippen LogP contribution in [0.5, 0.6) is 5.75 Å². The smallest absolute Gasteiger partial charge is 0.123 e. The standard InChI is InChI=1S/C15H20BrClO/c1-4-15(5-2)13(17)9-14(15)18-12-8-11(16)7-6-10(12)3/h6-8,13-14H,4-5,9H2,1-3H3. The molecule has 0 bridgehead atoms. The van der Waals surface area contributed by atoms with Gasteiger partial charge in [-0.25, -0.2) is 0 Å². The molecule has 1 saturated carbocycles. The maximum absolute atomic E-state index is 6.41. The Balaban J connectivity index is 2.17. The molecule has 0 spiro atoms. The summed E-state index contributed by atoms with van der Waals surface area (Å²) in [5.74, 6) is 0.976. The van der Waals surface area contributed by atoms with Crippen LogP contribution in [0.3, 0.4) is 0 Å². The fraction of sp³-hybridized carbons (Fsp3) is 0.600. The largest absolute Gasteiger partial charge is 0.489 e. The first kappa shape index (κ1) is 14.2. The monoisotopic (exact) mass is 330 g/mol. The zero-order chi connectivity index (χ0) is 13.3. The molecule has 2 rings (SSSR count). The molecule has 1 aromatic carbocycles. The van der Waals surface area contributed by atoms with Crippen molar-refractivity contribution in [1.82, 2.24) is 0 Å². The molecule has 1 aliphatic carbocycles. The van der Waals surface area contributed by atoms with Crippen LogP contribution in [-0.4, -0.2) is 11.5 Å². The number of hydrogen-bond acceptors (Lipinski definition) is 1. The van der Waals surface area contributed by atoms with Crippen LogP contribution in [0.1, 0.15) is 38.7 Å². The molecule has 1 fully saturated rings. The predicted molar refractivity (Wildman–Crippen MR) is 80.6 cm³/mol. The maximum atomic E-state index is 6.41. The molecule has 1 aliphatic rings. The summed E-state index contributed by atoms with van der Waals surface area (Å²) >= 11 is 9.91. The Bertz CT molecular complexity index is 429. The van der Waals surface area contributed by atoms with E-state index in [0.29, 0.717) is 0 Å². The SMILES string of the molecule is CCC1(CC)C(Cl)CC1Oc1cc(Br)ccc1C. The number of halogens is 2. The molecule has 18 heavy (non-hydrogen) atoms. The lowest BCUT2D eigenvalue weighted by atomic mass is 9.62. The summed E-state index contributed by atoms with van der Waals surface area (Å²) in [6.45, 7) is 6.50. The van der Waals surface area contributed by atoms with E-state index < -0.39 is 0 Å². The number of benzene rings is 1. The van der Waals surface area contributed by atoms with Crippen molar-refractivity contribution in [2.24, 2.45) is 5.41 Å². The van der Waals surface area contributed by atoms with Crippen LogP contribution in [-0.2, 0) is 0 Å². The molecule has 0 N–H and O–H groups in total. The molecule has 0 aromatic heterocycles. The highest BCUT2D eigenvalue weighted by molar-refractivity contribution is 9.10. The van der Waals surface area contributed by atoms with Crippen LogP contribution in [0, 0.1) is 12.3 Å². The Kier molecular flexibility index (Phi) is 4.28. The summed E-state index contributed by atoms with van der Waals surface area (Å²) in [7, 11) is 0. The molecule has 0 amide bonds. The van der Waals surface area contributed by atoms with E-state index in [0.717, 1.165) is 29.5 Å². The second-order valence-corrected chi connectivity index (χ2v) is 6.60. The number of alkyl halides is 1. The summed E-state index contributed by atoms with van der Waals surface area (Å²) in [6.07, 6.45) is 3.36. The van der Waals surface area contributed by atoms with Gasteiger partial charge < -0.3 is 4.74 Å². The van der Waals surface area contributed by atoms with E-state index in [-0.39, 0.29) is 16.9 Å². The fourth-order valence-electron chi connectivity index (χ4n) is 2.87.